The van der Waals surface area contributed by atoms with Gasteiger partial charge in [0, 0.05) is 6.54 Å². The lowest BCUT2D eigenvalue weighted by molar-refractivity contribution is -0.122. The molecule has 0 radical (unpaired) electrons. The second-order valence-electron chi connectivity index (χ2n) is 5.76. The lowest BCUT2D eigenvalue weighted by atomic mass is 10.1. The summed E-state index contributed by atoms with van der Waals surface area (Å²) in [7, 11) is 0. The van der Waals surface area contributed by atoms with E-state index in [-0.39, 0.29) is 24.4 Å². The van der Waals surface area contributed by atoms with Gasteiger partial charge in [0.05, 0.1) is 18.3 Å². The highest BCUT2D eigenvalue weighted by molar-refractivity contribution is 7.98. The van der Waals surface area contributed by atoms with Gasteiger partial charge in [0.25, 0.3) is 0 Å². The maximum Gasteiger partial charge on any atom is 0.237 e. The number of nitrogens with zero attached hydrogens (tertiary/aromatic N) is 1. The van der Waals surface area contributed by atoms with Crippen molar-refractivity contribution in [3.63, 3.8) is 0 Å². The van der Waals surface area contributed by atoms with Crippen LogP contribution < -0.4 is 11.1 Å². The zero-order valence-electron chi connectivity index (χ0n) is 13.7. The van der Waals surface area contributed by atoms with Crippen LogP contribution in [0.4, 0.5) is 0 Å². The normalized spacial score (nSPS) is 18.0. The number of carbonyl (C=O) groups is 1. The first-order valence-electron chi connectivity index (χ1n) is 8.02. The van der Waals surface area contributed by atoms with Crippen molar-refractivity contribution < 1.29 is 9.21 Å². The van der Waals surface area contributed by atoms with Gasteiger partial charge in [-0.3, -0.25) is 9.69 Å². The van der Waals surface area contributed by atoms with Crippen molar-refractivity contribution in [2.45, 2.75) is 37.8 Å². The van der Waals surface area contributed by atoms with E-state index in [9.17, 15) is 4.79 Å². The Balaban J connectivity index is 0.00000264. The Morgan fingerprint density at radius 3 is 2.78 bits per heavy atom. The minimum atomic E-state index is -0.425. The number of thioether (sulfide) groups is 1. The highest BCUT2D eigenvalue weighted by Gasteiger charge is 2.25. The molecule has 0 spiro atoms. The molecule has 1 saturated heterocycles. The number of carbonyl (C=O) groups excluding carboxylic acids is 1. The molecule has 1 aliphatic heterocycles. The number of hydrogen-bond acceptors (Lipinski definition) is 5. The third kappa shape index (κ3) is 6.37. The number of furan rings is 1. The van der Waals surface area contributed by atoms with Gasteiger partial charge >= 0.3 is 0 Å². The number of hydrogen-bond donors (Lipinski definition) is 2. The molecule has 0 saturated carbocycles. The third-order valence-corrected chi connectivity index (χ3v) is 4.79. The fourth-order valence-corrected chi connectivity index (χ4v) is 3.31. The van der Waals surface area contributed by atoms with Gasteiger partial charge < -0.3 is 15.5 Å². The van der Waals surface area contributed by atoms with Crippen molar-refractivity contribution in [3.05, 3.63) is 24.2 Å². The second-order valence-corrected chi connectivity index (χ2v) is 6.75. The summed E-state index contributed by atoms with van der Waals surface area (Å²) in [6, 6.07) is 3.57. The molecule has 0 bridgehead atoms. The number of rotatable bonds is 8. The first-order valence-corrected chi connectivity index (χ1v) is 9.41. The van der Waals surface area contributed by atoms with E-state index >= 15 is 0 Å². The van der Waals surface area contributed by atoms with E-state index in [2.05, 4.69) is 10.2 Å². The predicted octanol–water partition coefficient (Wildman–Crippen LogP) is 2.43. The van der Waals surface area contributed by atoms with Crippen molar-refractivity contribution in [3.8, 4) is 0 Å². The monoisotopic (exact) mass is 361 g/mol. The Kier molecular flexibility index (Phi) is 9.71. The molecular formula is C16H28ClN3O2S. The molecule has 1 amide bonds. The van der Waals surface area contributed by atoms with Crippen LogP contribution in [-0.4, -0.2) is 48.5 Å². The second kappa shape index (κ2) is 11.0. The lowest BCUT2D eigenvalue weighted by Crippen LogP contribution is -2.45. The summed E-state index contributed by atoms with van der Waals surface area (Å²) in [6.07, 6.45) is 8.12. The number of amides is 1. The molecule has 1 aliphatic rings. The molecule has 132 valence electrons. The summed E-state index contributed by atoms with van der Waals surface area (Å²) < 4.78 is 5.58. The number of halogens is 1. The van der Waals surface area contributed by atoms with E-state index in [1.165, 1.54) is 19.3 Å². The smallest absolute Gasteiger partial charge is 0.237 e. The Hall–Kier alpha value is -0.690. The zero-order valence-corrected chi connectivity index (χ0v) is 15.3. The van der Waals surface area contributed by atoms with E-state index in [0.717, 1.165) is 24.6 Å². The molecule has 1 aromatic rings. The van der Waals surface area contributed by atoms with Crippen LogP contribution in [0.5, 0.6) is 0 Å². The van der Waals surface area contributed by atoms with Gasteiger partial charge in [0.15, 0.2) is 0 Å². The van der Waals surface area contributed by atoms with Crippen molar-refractivity contribution >= 4 is 30.1 Å². The van der Waals surface area contributed by atoms with Crippen molar-refractivity contribution in [1.29, 1.82) is 0 Å². The van der Waals surface area contributed by atoms with Gasteiger partial charge in [0.1, 0.15) is 5.76 Å². The largest absolute Gasteiger partial charge is 0.468 e. The molecule has 0 aromatic carbocycles. The maximum absolute atomic E-state index is 12.1. The summed E-state index contributed by atoms with van der Waals surface area (Å²) in [5, 5.41) is 3.00. The van der Waals surface area contributed by atoms with Gasteiger partial charge in [-0.05, 0) is 56.5 Å². The summed E-state index contributed by atoms with van der Waals surface area (Å²) >= 11 is 1.71. The van der Waals surface area contributed by atoms with Gasteiger partial charge in [-0.25, -0.2) is 0 Å². The molecule has 5 nitrogen and oxygen atoms in total. The van der Waals surface area contributed by atoms with Crippen molar-refractivity contribution in [2.75, 3.05) is 31.6 Å². The lowest BCUT2D eigenvalue weighted by Gasteiger charge is -2.33. The fourth-order valence-electron chi connectivity index (χ4n) is 2.82. The van der Waals surface area contributed by atoms with Crippen LogP contribution in [0, 0.1) is 0 Å². The molecule has 0 aliphatic carbocycles. The Morgan fingerprint density at radius 2 is 2.17 bits per heavy atom. The summed E-state index contributed by atoms with van der Waals surface area (Å²) in [4.78, 5) is 14.5. The molecular weight excluding hydrogens is 334 g/mol. The molecule has 1 aromatic heterocycles. The molecule has 3 N–H and O–H groups in total. The third-order valence-electron chi connectivity index (χ3n) is 4.14. The molecule has 2 unspecified atom stereocenters. The SMILES string of the molecule is CSCCC(N)C(=O)NCC(c1ccco1)N1CCCCC1.Cl. The topological polar surface area (TPSA) is 71.5 Å². The first-order chi connectivity index (χ1) is 10.7. The minimum Gasteiger partial charge on any atom is -0.468 e. The van der Waals surface area contributed by atoms with Crippen molar-refractivity contribution in [2.24, 2.45) is 5.73 Å². The number of nitrogens with two attached hydrogens (primary N) is 1. The highest BCUT2D eigenvalue weighted by Crippen LogP contribution is 2.24. The van der Waals surface area contributed by atoms with Gasteiger partial charge in [-0.1, -0.05) is 6.42 Å². The van der Waals surface area contributed by atoms with Crippen molar-refractivity contribution in [1.82, 2.24) is 10.2 Å². The van der Waals surface area contributed by atoms with E-state index < -0.39 is 6.04 Å². The Labute approximate surface area is 149 Å². The Morgan fingerprint density at radius 1 is 1.43 bits per heavy atom. The van der Waals surface area contributed by atoms with Crippen LogP contribution >= 0.6 is 24.2 Å². The van der Waals surface area contributed by atoms with Crippen LogP contribution in [0.1, 0.15) is 37.5 Å². The van der Waals surface area contributed by atoms with E-state index in [0.29, 0.717) is 13.0 Å². The first kappa shape index (κ1) is 20.4. The molecule has 2 atom stereocenters. The van der Waals surface area contributed by atoms with Crippen LogP contribution in [-0.2, 0) is 4.79 Å². The molecule has 2 rings (SSSR count). The summed E-state index contributed by atoms with van der Waals surface area (Å²) in [6.45, 7) is 2.67. The predicted molar refractivity (Wildman–Crippen MR) is 98.1 cm³/mol. The average molecular weight is 362 g/mol. The summed E-state index contributed by atoms with van der Waals surface area (Å²) in [5.74, 6) is 1.75. The van der Waals surface area contributed by atoms with Gasteiger partial charge in [-0.2, -0.15) is 11.8 Å². The number of piperidine rings is 1. The number of nitrogens with one attached hydrogen (secondary N) is 1. The van der Waals surface area contributed by atoms with Gasteiger partial charge in [0.2, 0.25) is 5.91 Å². The fraction of sp³-hybridized carbons (Fsp3) is 0.688. The van der Waals surface area contributed by atoms with Gasteiger partial charge in [-0.15, -0.1) is 12.4 Å². The highest BCUT2D eigenvalue weighted by atomic mass is 35.5. The zero-order chi connectivity index (χ0) is 15.8. The maximum atomic E-state index is 12.1. The Bertz CT molecular complexity index is 439. The minimum absolute atomic E-state index is 0. The van der Waals surface area contributed by atoms with Crippen LogP contribution in [0.3, 0.4) is 0 Å². The quantitative estimate of drug-likeness (QED) is 0.744. The molecule has 1 fully saturated rings. The number of likely N-dealkylation sites (tertiary alicyclic amines) is 1. The summed E-state index contributed by atoms with van der Waals surface area (Å²) in [5.41, 5.74) is 5.92. The van der Waals surface area contributed by atoms with E-state index in [1.807, 2.05) is 18.4 Å². The average Bonchev–Trinajstić information content (AvgIpc) is 3.08. The standard InChI is InChI=1S/C16H27N3O2S.ClH/c1-22-11-7-13(17)16(20)18-12-14(15-6-5-10-21-15)19-8-3-2-4-9-19;/h5-6,10,13-14H,2-4,7-9,11-12,17H2,1H3,(H,18,20);1H. The van der Waals surface area contributed by atoms with Crippen LogP contribution in [0.2, 0.25) is 0 Å². The van der Waals surface area contributed by atoms with Crippen LogP contribution in [0.25, 0.3) is 0 Å². The molecule has 2 heterocycles. The molecule has 7 heteroatoms. The van der Waals surface area contributed by atoms with Crippen LogP contribution in [0.15, 0.2) is 22.8 Å². The van der Waals surface area contributed by atoms with E-state index in [4.69, 9.17) is 10.2 Å². The van der Waals surface area contributed by atoms with E-state index in [1.54, 1.807) is 18.0 Å². The molecule has 23 heavy (non-hydrogen) atoms.